The number of hydrogen-bond donors (Lipinski definition) is 4. The van der Waals surface area contributed by atoms with E-state index in [2.05, 4.69) is 15.6 Å². The molecule has 1 aliphatic heterocycles. The number of carboxylic acids is 2. The molecule has 1 aromatic rings. The van der Waals surface area contributed by atoms with Crippen molar-refractivity contribution in [3.8, 4) is 0 Å². The maximum atomic E-state index is 12.3. The van der Waals surface area contributed by atoms with Crippen LogP contribution < -0.4 is 10.6 Å². The molecule has 0 aromatic heterocycles. The fourth-order valence-corrected chi connectivity index (χ4v) is 3.42. The quantitative estimate of drug-likeness (QED) is 0.423. The summed E-state index contributed by atoms with van der Waals surface area (Å²) in [6, 6.07) is 7.77. The van der Waals surface area contributed by atoms with Crippen LogP contribution in [0.4, 0.5) is 13.2 Å². The van der Waals surface area contributed by atoms with Crippen molar-refractivity contribution in [1.29, 1.82) is 0 Å². The Morgan fingerprint density at radius 3 is 2.47 bits per heavy atom. The van der Waals surface area contributed by atoms with Gasteiger partial charge in [0.25, 0.3) is 0 Å². The van der Waals surface area contributed by atoms with Gasteiger partial charge in [-0.2, -0.15) is 13.2 Å². The molecule has 1 amide bonds. The first-order valence-electron chi connectivity index (χ1n) is 10.6. The van der Waals surface area contributed by atoms with Gasteiger partial charge >= 0.3 is 18.1 Å². The fraction of sp³-hybridized carbons (Fsp3) is 0.391. The molecule has 0 radical (unpaired) electrons. The van der Waals surface area contributed by atoms with Crippen LogP contribution in [0, 0.1) is 0 Å². The van der Waals surface area contributed by atoms with Crippen LogP contribution in [0.1, 0.15) is 42.7 Å². The topological polar surface area (TPSA) is 128 Å². The van der Waals surface area contributed by atoms with E-state index in [0.717, 1.165) is 48.5 Å². The SMILES string of the molecule is O=C(O)C(F)(F)F.O=C(O)CC1C=C(CC(=O)NCCCC2=NCCN2)C=Cc2ccccc21. The molecule has 0 fully saturated rings. The summed E-state index contributed by atoms with van der Waals surface area (Å²) in [5.74, 6) is -2.86. The smallest absolute Gasteiger partial charge is 0.481 e. The normalized spacial score (nSPS) is 16.6. The van der Waals surface area contributed by atoms with Crippen molar-refractivity contribution in [3.05, 3.63) is 53.1 Å². The summed E-state index contributed by atoms with van der Waals surface area (Å²) in [5.41, 5.74) is 2.83. The molecule has 1 heterocycles. The summed E-state index contributed by atoms with van der Waals surface area (Å²) in [7, 11) is 0. The summed E-state index contributed by atoms with van der Waals surface area (Å²) >= 11 is 0. The number of aliphatic imine (C=N–C) groups is 1. The van der Waals surface area contributed by atoms with Crippen molar-refractivity contribution in [2.24, 2.45) is 4.99 Å². The third kappa shape index (κ3) is 9.08. The molecule has 1 unspecified atom stereocenters. The van der Waals surface area contributed by atoms with Crippen LogP contribution in [-0.2, 0) is 14.4 Å². The lowest BCUT2D eigenvalue weighted by Crippen LogP contribution is -2.26. The zero-order valence-corrected chi connectivity index (χ0v) is 18.3. The predicted molar refractivity (Wildman–Crippen MR) is 119 cm³/mol. The Kier molecular flexibility index (Phi) is 9.84. The lowest BCUT2D eigenvalue weighted by Gasteiger charge is -2.13. The number of aliphatic carboxylic acids is 2. The molecule has 34 heavy (non-hydrogen) atoms. The highest BCUT2D eigenvalue weighted by atomic mass is 19.4. The number of amides is 1. The van der Waals surface area contributed by atoms with Crippen LogP contribution in [-0.4, -0.2) is 59.7 Å². The molecule has 2 aliphatic rings. The lowest BCUT2D eigenvalue weighted by molar-refractivity contribution is -0.192. The van der Waals surface area contributed by atoms with Crippen LogP contribution in [0.2, 0.25) is 0 Å². The van der Waals surface area contributed by atoms with Gasteiger partial charge in [-0.15, -0.1) is 0 Å². The van der Waals surface area contributed by atoms with Gasteiger partial charge in [0.1, 0.15) is 0 Å². The van der Waals surface area contributed by atoms with Crippen molar-refractivity contribution < 1.29 is 37.8 Å². The minimum absolute atomic E-state index is 0.0128. The Labute approximate surface area is 194 Å². The second-order valence-electron chi connectivity index (χ2n) is 7.60. The summed E-state index contributed by atoms with van der Waals surface area (Å²) < 4.78 is 31.7. The molecule has 3 rings (SSSR count). The Bertz CT molecular complexity index is 986. The second-order valence-corrected chi connectivity index (χ2v) is 7.60. The summed E-state index contributed by atoms with van der Waals surface area (Å²) in [6.45, 7) is 2.35. The van der Waals surface area contributed by atoms with E-state index in [1.807, 2.05) is 42.5 Å². The number of hydrogen-bond acceptors (Lipinski definition) is 5. The van der Waals surface area contributed by atoms with Crippen molar-refractivity contribution in [1.82, 2.24) is 10.6 Å². The Morgan fingerprint density at radius 2 is 1.85 bits per heavy atom. The number of benzene rings is 1. The highest BCUT2D eigenvalue weighted by Gasteiger charge is 2.38. The molecule has 0 saturated carbocycles. The first kappa shape index (κ1) is 26.6. The molecule has 0 bridgehead atoms. The van der Waals surface area contributed by atoms with Crippen molar-refractivity contribution in [2.45, 2.75) is 37.8 Å². The van der Waals surface area contributed by atoms with E-state index in [-0.39, 0.29) is 24.7 Å². The highest BCUT2D eigenvalue weighted by molar-refractivity contribution is 5.83. The zero-order chi connectivity index (χ0) is 25.1. The van der Waals surface area contributed by atoms with Gasteiger partial charge in [0.15, 0.2) is 0 Å². The van der Waals surface area contributed by atoms with E-state index in [4.69, 9.17) is 9.90 Å². The van der Waals surface area contributed by atoms with Gasteiger partial charge in [0.05, 0.1) is 25.2 Å². The third-order valence-corrected chi connectivity index (χ3v) is 4.95. The molecule has 0 spiro atoms. The third-order valence-electron chi connectivity index (χ3n) is 4.95. The van der Waals surface area contributed by atoms with Crippen LogP contribution in [0.3, 0.4) is 0 Å². The molecule has 1 aliphatic carbocycles. The predicted octanol–water partition coefficient (Wildman–Crippen LogP) is 3.12. The molecule has 8 nitrogen and oxygen atoms in total. The van der Waals surface area contributed by atoms with Gasteiger partial charge < -0.3 is 20.8 Å². The van der Waals surface area contributed by atoms with E-state index < -0.39 is 18.1 Å². The molecule has 184 valence electrons. The molecule has 1 atom stereocenters. The minimum atomic E-state index is -5.08. The maximum absolute atomic E-state index is 12.3. The van der Waals surface area contributed by atoms with Crippen LogP contribution in [0.15, 0.2) is 47.0 Å². The summed E-state index contributed by atoms with van der Waals surface area (Å²) in [6.07, 6.45) is 2.65. The lowest BCUT2D eigenvalue weighted by atomic mass is 9.91. The first-order valence-corrected chi connectivity index (χ1v) is 10.6. The number of carboxylic acid groups (broad SMARTS) is 2. The maximum Gasteiger partial charge on any atom is 0.490 e. The fourth-order valence-electron chi connectivity index (χ4n) is 3.42. The number of carbonyl (C=O) groups is 3. The van der Waals surface area contributed by atoms with E-state index in [9.17, 15) is 27.9 Å². The molecular weight excluding hydrogens is 455 g/mol. The van der Waals surface area contributed by atoms with Gasteiger partial charge in [-0.25, -0.2) is 4.79 Å². The number of carbonyl (C=O) groups excluding carboxylic acids is 1. The highest BCUT2D eigenvalue weighted by Crippen LogP contribution is 2.31. The Hall–Kier alpha value is -3.63. The van der Waals surface area contributed by atoms with E-state index in [1.165, 1.54) is 0 Å². The van der Waals surface area contributed by atoms with E-state index >= 15 is 0 Å². The average molecular weight is 481 g/mol. The van der Waals surface area contributed by atoms with E-state index in [0.29, 0.717) is 6.54 Å². The van der Waals surface area contributed by atoms with Gasteiger partial charge in [0, 0.05) is 25.4 Å². The minimum Gasteiger partial charge on any atom is -0.481 e. The molecule has 11 heteroatoms. The molecule has 1 aromatic carbocycles. The van der Waals surface area contributed by atoms with Gasteiger partial charge in [-0.05, 0) is 23.1 Å². The number of nitrogens with zero attached hydrogens (tertiary/aromatic N) is 1. The molecule has 0 saturated heterocycles. The monoisotopic (exact) mass is 481 g/mol. The van der Waals surface area contributed by atoms with Crippen molar-refractivity contribution in [3.63, 3.8) is 0 Å². The zero-order valence-electron chi connectivity index (χ0n) is 18.3. The average Bonchev–Trinajstić information content (AvgIpc) is 3.22. The van der Waals surface area contributed by atoms with Crippen LogP contribution in [0.5, 0.6) is 0 Å². The standard InChI is InChI=1S/C21H25N3O3.C2HF3O2/c25-20(24-9-3-6-19-22-10-11-23-19)13-15-7-8-16-4-1-2-5-18(16)17(12-15)14-21(26)27;3-2(4,5)1(6)7/h1-2,4-5,7-8,12,17H,3,6,9-11,13-14H2,(H,22,23)(H,24,25)(H,26,27);(H,6,7). The van der Waals surface area contributed by atoms with Gasteiger partial charge in [-0.3, -0.25) is 14.6 Å². The number of halogens is 3. The second kappa shape index (κ2) is 12.6. The number of alkyl halides is 3. The van der Waals surface area contributed by atoms with Crippen LogP contribution in [0.25, 0.3) is 6.08 Å². The number of rotatable bonds is 8. The molecule has 4 N–H and O–H groups in total. The van der Waals surface area contributed by atoms with Gasteiger partial charge in [-0.1, -0.05) is 42.5 Å². The molecular formula is C23H26F3N3O5. The largest absolute Gasteiger partial charge is 0.490 e. The number of nitrogens with one attached hydrogen (secondary N) is 2. The Morgan fingerprint density at radius 1 is 1.15 bits per heavy atom. The van der Waals surface area contributed by atoms with E-state index in [1.54, 1.807) is 0 Å². The summed E-state index contributed by atoms with van der Waals surface area (Å²) in [4.78, 5) is 36.8. The Balaban J connectivity index is 0.000000509. The number of amidine groups is 1. The summed E-state index contributed by atoms with van der Waals surface area (Å²) in [5, 5.41) is 22.5. The van der Waals surface area contributed by atoms with Crippen molar-refractivity contribution in [2.75, 3.05) is 19.6 Å². The number of allylic oxidation sites excluding steroid dienone is 2. The number of fused-ring (bicyclic) bond motifs is 1. The van der Waals surface area contributed by atoms with Gasteiger partial charge in [0.2, 0.25) is 5.91 Å². The van der Waals surface area contributed by atoms with Crippen molar-refractivity contribution >= 4 is 29.8 Å². The van der Waals surface area contributed by atoms with Crippen LogP contribution >= 0.6 is 0 Å². The first-order chi connectivity index (χ1) is 16.1.